The molecule has 0 aliphatic carbocycles. The summed E-state index contributed by atoms with van der Waals surface area (Å²) in [7, 11) is -1.03. The quantitative estimate of drug-likeness (QED) is 0.748. The van der Waals surface area contributed by atoms with E-state index < -0.39 is 8.38 Å². The Balaban J connectivity index is 2.13. The van der Waals surface area contributed by atoms with Crippen molar-refractivity contribution in [2.75, 3.05) is 6.61 Å². The predicted octanol–water partition coefficient (Wildman–Crippen LogP) is 3.74. The maximum absolute atomic E-state index is 5.88. The third-order valence-corrected chi connectivity index (χ3v) is 3.73. The van der Waals surface area contributed by atoms with E-state index in [1.54, 1.807) is 0 Å². The lowest BCUT2D eigenvalue weighted by atomic mass is 10.3. The summed E-state index contributed by atoms with van der Waals surface area (Å²) in [6.45, 7) is 2.63. The minimum absolute atomic E-state index is 0.646. The van der Waals surface area contributed by atoms with Gasteiger partial charge >= 0.3 is 0 Å². The van der Waals surface area contributed by atoms with E-state index in [9.17, 15) is 0 Å². The van der Waals surface area contributed by atoms with Crippen LogP contribution in [0.15, 0.2) is 60.7 Å². The third-order valence-electron chi connectivity index (χ3n) is 2.14. The van der Waals surface area contributed by atoms with Crippen molar-refractivity contribution in [1.29, 1.82) is 0 Å². The average molecular weight is 246 g/mol. The van der Waals surface area contributed by atoms with E-state index in [0.717, 1.165) is 11.1 Å². The second-order valence-electron chi connectivity index (χ2n) is 3.41. The molecule has 0 aliphatic heterocycles. The van der Waals surface area contributed by atoms with E-state index in [-0.39, 0.29) is 0 Å². The van der Waals surface area contributed by atoms with Gasteiger partial charge in [0.25, 0.3) is 8.38 Å². The van der Waals surface area contributed by atoms with Gasteiger partial charge < -0.3 is 9.05 Å². The first kappa shape index (κ1) is 12.1. The standard InChI is InChI=1S/C14H15O2P/c1-2-15-17(14-11-7-4-8-12-14)16-13-9-5-3-6-10-13/h3-12H,2H2,1H3. The molecule has 2 aromatic rings. The van der Waals surface area contributed by atoms with Gasteiger partial charge in [0.15, 0.2) is 0 Å². The van der Waals surface area contributed by atoms with Gasteiger partial charge in [-0.2, -0.15) is 0 Å². The minimum Gasteiger partial charge on any atom is -0.444 e. The Bertz CT molecular complexity index is 430. The molecule has 88 valence electrons. The molecule has 2 rings (SSSR count). The average Bonchev–Trinajstić information content (AvgIpc) is 2.40. The Morgan fingerprint density at radius 2 is 1.47 bits per heavy atom. The molecular weight excluding hydrogens is 231 g/mol. The third kappa shape index (κ3) is 3.55. The Labute approximate surface area is 103 Å². The van der Waals surface area contributed by atoms with Crippen LogP contribution in [0.1, 0.15) is 6.92 Å². The molecule has 1 unspecified atom stereocenters. The van der Waals surface area contributed by atoms with Crippen LogP contribution in [0, 0.1) is 0 Å². The van der Waals surface area contributed by atoms with Gasteiger partial charge in [-0.1, -0.05) is 36.4 Å². The molecule has 0 aliphatic rings. The summed E-state index contributed by atoms with van der Waals surface area (Å²) in [5.41, 5.74) is 0. The Hall–Kier alpha value is -1.37. The van der Waals surface area contributed by atoms with Crippen molar-refractivity contribution in [1.82, 2.24) is 0 Å². The summed E-state index contributed by atoms with van der Waals surface area (Å²) in [6.07, 6.45) is 0. The number of rotatable bonds is 5. The molecule has 0 spiro atoms. The Morgan fingerprint density at radius 3 is 2.06 bits per heavy atom. The topological polar surface area (TPSA) is 18.5 Å². The lowest BCUT2D eigenvalue weighted by Crippen LogP contribution is -2.07. The highest BCUT2D eigenvalue weighted by Crippen LogP contribution is 2.37. The van der Waals surface area contributed by atoms with Gasteiger partial charge in [0.1, 0.15) is 5.75 Å². The zero-order valence-corrected chi connectivity index (χ0v) is 10.6. The van der Waals surface area contributed by atoms with Crippen molar-refractivity contribution in [2.24, 2.45) is 0 Å². The Morgan fingerprint density at radius 1 is 0.882 bits per heavy atom. The van der Waals surface area contributed by atoms with E-state index in [0.29, 0.717) is 6.61 Å². The predicted molar refractivity (Wildman–Crippen MR) is 71.7 cm³/mol. The molecule has 0 saturated carbocycles. The van der Waals surface area contributed by atoms with Gasteiger partial charge in [-0.05, 0) is 31.2 Å². The fraction of sp³-hybridized carbons (Fsp3) is 0.143. The van der Waals surface area contributed by atoms with Crippen molar-refractivity contribution in [3.8, 4) is 5.75 Å². The van der Waals surface area contributed by atoms with Crippen LogP contribution in [-0.4, -0.2) is 6.61 Å². The van der Waals surface area contributed by atoms with Crippen LogP contribution < -0.4 is 9.83 Å². The molecule has 3 heteroatoms. The highest BCUT2D eigenvalue weighted by Gasteiger charge is 2.14. The van der Waals surface area contributed by atoms with E-state index in [2.05, 4.69) is 0 Å². The first-order chi connectivity index (χ1) is 8.40. The first-order valence-electron chi connectivity index (χ1n) is 5.61. The molecule has 2 nitrogen and oxygen atoms in total. The number of benzene rings is 2. The summed E-state index contributed by atoms with van der Waals surface area (Å²) >= 11 is 0. The second kappa shape index (κ2) is 6.39. The zero-order chi connectivity index (χ0) is 11.9. The van der Waals surface area contributed by atoms with E-state index in [4.69, 9.17) is 9.05 Å². The van der Waals surface area contributed by atoms with E-state index in [1.807, 2.05) is 67.6 Å². The van der Waals surface area contributed by atoms with E-state index >= 15 is 0 Å². The summed E-state index contributed by atoms with van der Waals surface area (Å²) in [4.78, 5) is 0. The molecule has 0 saturated heterocycles. The van der Waals surface area contributed by atoms with Gasteiger partial charge in [-0.15, -0.1) is 0 Å². The molecule has 0 heterocycles. The van der Waals surface area contributed by atoms with Crippen LogP contribution in [0.25, 0.3) is 0 Å². The van der Waals surface area contributed by atoms with E-state index in [1.165, 1.54) is 0 Å². The molecule has 0 bridgehead atoms. The van der Waals surface area contributed by atoms with Crippen molar-refractivity contribution in [3.63, 3.8) is 0 Å². The molecule has 0 aromatic heterocycles. The van der Waals surface area contributed by atoms with Crippen LogP contribution >= 0.6 is 8.38 Å². The van der Waals surface area contributed by atoms with Crippen molar-refractivity contribution in [2.45, 2.75) is 6.92 Å². The molecule has 2 aromatic carbocycles. The highest BCUT2D eigenvalue weighted by atomic mass is 31.2. The number of hydrogen-bond donors (Lipinski definition) is 0. The van der Waals surface area contributed by atoms with Crippen LogP contribution in [-0.2, 0) is 4.52 Å². The van der Waals surface area contributed by atoms with Gasteiger partial charge in [-0.25, -0.2) is 0 Å². The van der Waals surface area contributed by atoms with Gasteiger partial charge in [0.2, 0.25) is 0 Å². The summed E-state index contributed by atoms with van der Waals surface area (Å²) in [5, 5.41) is 1.09. The zero-order valence-electron chi connectivity index (χ0n) is 9.74. The molecule has 0 amide bonds. The van der Waals surface area contributed by atoms with Crippen LogP contribution in [0.4, 0.5) is 0 Å². The monoisotopic (exact) mass is 246 g/mol. The first-order valence-corrected chi connectivity index (χ1v) is 6.79. The largest absolute Gasteiger partial charge is 0.444 e. The lowest BCUT2D eigenvalue weighted by Gasteiger charge is -2.17. The summed E-state index contributed by atoms with van der Waals surface area (Å²) < 4.78 is 11.6. The molecule has 0 N–H and O–H groups in total. The lowest BCUT2D eigenvalue weighted by molar-refractivity contribution is 0.341. The van der Waals surface area contributed by atoms with Gasteiger partial charge in [-0.3, -0.25) is 0 Å². The van der Waals surface area contributed by atoms with Crippen molar-refractivity contribution in [3.05, 3.63) is 60.7 Å². The van der Waals surface area contributed by atoms with Gasteiger partial charge in [0.05, 0.1) is 6.61 Å². The molecule has 1 atom stereocenters. The second-order valence-corrected chi connectivity index (χ2v) is 4.89. The fourth-order valence-corrected chi connectivity index (χ4v) is 2.67. The molecule has 0 fully saturated rings. The SMILES string of the molecule is CCOP(Oc1ccccc1)c1ccccc1. The molecular formula is C14H15O2P. The maximum Gasteiger partial charge on any atom is 0.265 e. The maximum atomic E-state index is 5.88. The summed E-state index contributed by atoms with van der Waals surface area (Å²) in [6, 6.07) is 19.8. The van der Waals surface area contributed by atoms with Crippen molar-refractivity contribution < 1.29 is 9.05 Å². The Kier molecular flexibility index (Phi) is 4.54. The van der Waals surface area contributed by atoms with Crippen LogP contribution in [0.5, 0.6) is 5.75 Å². The summed E-state index contributed by atoms with van der Waals surface area (Å²) in [5.74, 6) is 0.843. The van der Waals surface area contributed by atoms with Gasteiger partial charge in [0, 0.05) is 5.30 Å². The molecule has 0 radical (unpaired) electrons. The smallest absolute Gasteiger partial charge is 0.265 e. The number of para-hydroxylation sites is 1. The number of hydrogen-bond acceptors (Lipinski definition) is 2. The molecule has 17 heavy (non-hydrogen) atoms. The highest BCUT2D eigenvalue weighted by molar-refractivity contribution is 7.56. The minimum atomic E-state index is -1.03. The normalized spacial score (nSPS) is 12.1. The van der Waals surface area contributed by atoms with Crippen LogP contribution in [0.3, 0.4) is 0 Å². The van der Waals surface area contributed by atoms with Crippen LogP contribution in [0.2, 0.25) is 0 Å². The fourth-order valence-electron chi connectivity index (χ4n) is 1.40. The van der Waals surface area contributed by atoms with Crippen molar-refractivity contribution >= 4 is 13.7 Å².